The molecule has 0 spiro atoms. The Kier molecular flexibility index (Phi) is 5.24. The average Bonchev–Trinajstić information content (AvgIpc) is 2.77. The van der Waals surface area contributed by atoms with E-state index in [2.05, 4.69) is 31.3 Å². The van der Waals surface area contributed by atoms with Gasteiger partial charge in [-0.15, -0.1) is 0 Å². The highest BCUT2D eigenvalue weighted by Gasteiger charge is 2.29. The molecule has 1 fully saturated rings. The molecule has 1 heterocycles. The fourth-order valence-corrected chi connectivity index (χ4v) is 4.45. The first-order chi connectivity index (χ1) is 10.7. The maximum absolute atomic E-state index is 11.8. The Hall–Kier alpha value is -1.69. The van der Waals surface area contributed by atoms with Crippen molar-refractivity contribution in [2.45, 2.75) is 39.0 Å². The molecule has 1 atom stereocenters. The van der Waals surface area contributed by atoms with Crippen molar-refractivity contribution < 1.29 is 13.2 Å². The number of nitrogens with zero attached hydrogens (tertiary/aromatic N) is 1. The molecule has 0 saturated carbocycles. The van der Waals surface area contributed by atoms with E-state index in [0.717, 1.165) is 5.56 Å². The Morgan fingerprint density at radius 3 is 2.48 bits per heavy atom. The van der Waals surface area contributed by atoms with Crippen molar-refractivity contribution in [1.82, 2.24) is 5.43 Å². The highest BCUT2D eigenvalue weighted by molar-refractivity contribution is 7.91. The van der Waals surface area contributed by atoms with Gasteiger partial charge in [-0.25, -0.2) is 13.8 Å². The summed E-state index contributed by atoms with van der Waals surface area (Å²) in [4.78, 5) is 11.8. The normalized spacial score (nSPS) is 20.7. The summed E-state index contributed by atoms with van der Waals surface area (Å²) in [5, 5.41) is 3.94. The van der Waals surface area contributed by atoms with Crippen LogP contribution in [0.25, 0.3) is 0 Å². The first-order valence-electron chi connectivity index (χ1n) is 7.78. The second kappa shape index (κ2) is 6.83. The predicted octanol–water partition coefficient (Wildman–Crippen LogP) is 2.26. The molecule has 0 radical (unpaired) electrons. The van der Waals surface area contributed by atoms with Crippen LogP contribution in [0.15, 0.2) is 29.4 Å². The van der Waals surface area contributed by atoms with Gasteiger partial charge in [-0.05, 0) is 28.9 Å². The highest BCUT2D eigenvalue weighted by atomic mass is 32.2. The Morgan fingerprint density at radius 1 is 1.30 bits per heavy atom. The number of hydrazone groups is 1. The lowest BCUT2D eigenvalue weighted by Crippen LogP contribution is -2.21. The van der Waals surface area contributed by atoms with E-state index in [1.807, 2.05) is 24.3 Å². The standard InChI is InChI=1S/C17H24N2O3S/c1-17(2,3)15-6-4-13(5-7-15)11-18-19-16(20)10-14-8-9-23(21,22)12-14/h4-7,11,14H,8-10,12H2,1-3H3,(H,19,20)/b18-11-/t14-/m0/s1. The number of carbonyl (C=O) groups is 1. The summed E-state index contributed by atoms with van der Waals surface area (Å²) in [6.45, 7) is 6.46. The second-order valence-corrected chi connectivity index (χ2v) is 9.37. The summed E-state index contributed by atoms with van der Waals surface area (Å²) in [5.74, 6) is -0.0249. The molecule has 1 amide bonds. The van der Waals surface area contributed by atoms with E-state index < -0.39 is 9.84 Å². The molecule has 0 aromatic heterocycles. The van der Waals surface area contributed by atoms with Gasteiger partial charge in [0, 0.05) is 6.42 Å². The van der Waals surface area contributed by atoms with Crippen LogP contribution in [-0.2, 0) is 20.0 Å². The lowest BCUT2D eigenvalue weighted by molar-refractivity contribution is -0.121. The number of nitrogens with one attached hydrogen (secondary N) is 1. The van der Waals surface area contributed by atoms with E-state index in [1.54, 1.807) is 6.21 Å². The van der Waals surface area contributed by atoms with Crippen LogP contribution in [0.5, 0.6) is 0 Å². The van der Waals surface area contributed by atoms with Crippen molar-refractivity contribution in [1.29, 1.82) is 0 Å². The number of hydrogen-bond acceptors (Lipinski definition) is 4. The SMILES string of the molecule is CC(C)(C)c1ccc(/C=N\NC(=O)C[C@@H]2CCS(=O)(=O)C2)cc1. The number of benzene rings is 1. The van der Waals surface area contributed by atoms with Crippen molar-refractivity contribution in [3.8, 4) is 0 Å². The highest BCUT2D eigenvalue weighted by Crippen LogP contribution is 2.22. The van der Waals surface area contributed by atoms with Gasteiger partial charge in [0.15, 0.2) is 9.84 Å². The molecular weight excluding hydrogens is 312 g/mol. The predicted molar refractivity (Wildman–Crippen MR) is 92.3 cm³/mol. The van der Waals surface area contributed by atoms with Crippen LogP contribution in [0, 0.1) is 5.92 Å². The zero-order valence-electron chi connectivity index (χ0n) is 13.9. The molecule has 1 N–H and O–H groups in total. The molecule has 1 saturated heterocycles. The monoisotopic (exact) mass is 336 g/mol. The average molecular weight is 336 g/mol. The Bertz CT molecular complexity index is 686. The molecule has 5 nitrogen and oxygen atoms in total. The smallest absolute Gasteiger partial charge is 0.240 e. The van der Waals surface area contributed by atoms with Crippen molar-refractivity contribution in [2.75, 3.05) is 11.5 Å². The molecule has 1 aliphatic heterocycles. The van der Waals surface area contributed by atoms with E-state index in [9.17, 15) is 13.2 Å². The Balaban J connectivity index is 1.83. The third-order valence-corrected chi connectivity index (χ3v) is 5.82. The zero-order chi connectivity index (χ0) is 17.1. The van der Waals surface area contributed by atoms with Crippen LogP contribution in [0.3, 0.4) is 0 Å². The molecule has 0 unspecified atom stereocenters. The van der Waals surface area contributed by atoms with Crippen molar-refractivity contribution in [3.63, 3.8) is 0 Å². The molecular formula is C17H24N2O3S. The van der Waals surface area contributed by atoms with Crippen molar-refractivity contribution in [3.05, 3.63) is 35.4 Å². The van der Waals surface area contributed by atoms with E-state index >= 15 is 0 Å². The first kappa shape index (κ1) is 17.7. The summed E-state index contributed by atoms with van der Waals surface area (Å²) in [6, 6.07) is 8.01. The number of carbonyl (C=O) groups excluding carboxylic acids is 1. The topological polar surface area (TPSA) is 75.6 Å². The van der Waals surface area contributed by atoms with E-state index in [1.165, 1.54) is 5.56 Å². The van der Waals surface area contributed by atoms with Gasteiger partial charge in [0.25, 0.3) is 0 Å². The quantitative estimate of drug-likeness (QED) is 0.677. The number of amides is 1. The maximum atomic E-state index is 11.8. The third kappa shape index (κ3) is 5.46. The van der Waals surface area contributed by atoms with E-state index in [0.29, 0.717) is 6.42 Å². The van der Waals surface area contributed by atoms with Crippen LogP contribution in [-0.4, -0.2) is 32.0 Å². The maximum Gasteiger partial charge on any atom is 0.240 e. The van der Waals surface area contributed by atoms with Crippen LogP contribution >= 0.6 is 0 Å². The van der Waals surface area contributed by atoms with Gasteiger partial charge in [0.1, 0.15) is 0 Å². The summed E-state index contributed by atoms with van der Waals surface area (Å²) in [6.07, 6.45) is 2.36. The summed E-state index contributed by atoms with van der Waals surface area (Å²) in [5.41, 5.74) is 4.71. The molecule has 0 aliphatic carbocycles. The lowest BCUT2D eigenvalue weighted by Gasteiger charge is -2.18. The fourth-order valence-electron chi connectivity index (χ4n) is 2.59. The molecule has 23 heavy (non-hydrogen) atoms. The van der Waals surface area contributed by atoms with Gasteiger partial charge in [0.2, 0.25) is 5.91 Å². The summed E-state index contributed by atoms with van der Waals surface area (Å²) < 4.78 is 22.7. The molecule has 126 valence electrons. The lowest BCUT2D eigenvalue weighted by atomic mass is 9.87. The molecule has 1 aromatic carbocycles. The molecule has 2 rings (SSSR count). The first-order valence-corrected chi connectivity index (χ1v) is 9.61. The minimum absolute atomic E-state index is 0.0822. The number of hydrogen-bond donors (Lipinski definition) is 1. The minimum atomic E-state index is -2.94. The molecule has 0 bridgehead atoms. The number of rotatable bonds is 4. The third-order valence-electron chi connectivity index (χ3n) is 3.98. The van der Waals surface area contributed by atoms with Crippen LogP contribution < -0.4 is 5.43 Å². The van der Waals surface area contributed by atoms with Gasteiger partial charge >= 0.3 is 0 Å². The van der Waals surface area contributed by atoms with E-state index in [4.69, 9.17) is 0 Å². The van der Waals surface area contributed by atoms with Gasteiger partial charge < -0.3 is 0 Å². The summed E-state index contributed by atoms with van der Waals surface area (Å²) in [7, 11) is -2.94. The fraction of sp³-hybridized carbons (Fsp3) is 0.529. The molecule has 1 aromatic rings. The number of sulfone groups is 1. The summed E-state index contributed by atoms with van der Waals surface area (Å²) >= 11 is 0. The molecule has 6 heteroatoms. The van der Waals surface area contributed by atoms with Crippen LogP contribution in [0.4, 0.5) is 0 Å². The van der Waals surface area contributed by atoms with Gasteiger partial charge in [-0.2, -0.15) is 5.10 Å². The largest absolute Gasteiger partial charge is 0.273 e. The molecule has 1 aliphatic rings. The Morgan fingerprint density at radius 2 is 1.96 bits per heavy atom. The second-order valence-electron chi connectivity index (χ2n) is 7.14. The van der Waals surface area contributed by atoms with Gasteiger partial charge in [0.05, 0.1) is 17.7 Å². The van der Waals surface area contributed by atoms with Crippen molar-refractivity contribution >= 4 is 22.0 Å². The minimum Gasteiger partial charge on any atom is -0.273 e. The Labute approximate surface area is 138 Å². The van der Waals surface area contributed by atoms with Crippen LogP contribution in [0.2, 0.25) is 0 Å². The zero-order valence-corrected chi connectivity index (χ0v) is 14.7. The van der Waals surface area contributed by atoms with Crippen molar-refractivity contribution in [2.24, 2.45) is 11.0 Å². The van der Waals surface area contributed by atoms with Crippen LogP contribution in [0.1, 0.15) is 44.7 Å². The van der Waals surface area contributed by atoms with Gasteiger partial charge in [-0.3, -0.25) is 4.79 Å². The van der Waals surface area contributed by atoms with E-state index in [-0.39, 0.29) is 35.2 Å². The van der Waals surface area contributed by atoms with Gasteiger partial charge in [-0.1, -0.05) is 45.0 Å².